The average Bonchev–Trinajstić information content (AvgIpc) is 3.17. The van der Waals surface area contributed by atoms with Crippen molar-refractivity contribution in [3.63, 3.8) is 0 Å². The summed E-state index contributed by atoms with van der Waals surface area (Å²) in [6.07, 6.45) is 2.81. The summed E-state index contributed by atoms with van der Waals surface area (Å²) >= 11 is 0. The van der Waals surface area contributed by atoms with Gasteiger partial charge in [0.1, 0.15) is 0 Å². The summed E-state index contributed by atoms with van der Waals surface area (Å²) in [5.74, 6) is 2.40. The summed E-state index contributed by atoms with van der Waals surface area (Å²) in [4.78, 5) is 14.1. The molecular formula is C22H34N6O. The standard InChI is InChI=1S/C22H34N6O/c1-4-20(19-10-7-6-8-11-19)27-14-16-28(17-15-27)22(23-5-2)24-13-9-12-21-25-18(3)26-29-21/h6-8,10-11,20H,4-5,9,12-17H2,1-3H3,(H,23,24). The molecule has 29 heavy (non-hydrogen) atoms. The first-order valence-corrected chi connectivity index (χ1v) is 10.8. The number of aliphatic imine (C=N–C) groups is 1. The maximum atomic E-state index is 5.18. The van der Waals surface area contributed by atoms with Crippen molar-refractivity contribution in [3.8, 4) is 0 Å². The number of hydrogen-bond donors (Lipinski definition) is 1. The van der Waals surface area contributed by atoms with E-state index in [2.05, 4.69) is 69.4 Å². The minimum atomic E-state index is 0.496. The maximum Gasteiger partial charge on any atom is 0.226 e. The maximum absolute atomic E-state index is 5.18. The zero-order valence-corrected chi connectivity index (χ0v) is 18.0. The molecule has 1 aromatic heterocycles. The number of aromatic nitrogens is 2. The van der Waals surface area contributed by atoms with Crippen LogP contribution in [0.3, 0.4) is 0 Å². The lowest BCUT2D eigenvalue weighted by Gasteiger charge is -2.40. The largest absolute Gasteiger partial charge is 0.357 e. The van der Waals surface area contributed by atoms with Crippen LogP contribution in [0, 0.1) is 6.92 Å². The van der Waals surface area contributed by atoms with Crippen molar-refractivity contribution in [1.29, 1.82) is 0 Å². The third-order valence-corrected chi connectivity index (χ3v) is 5.34. The van der Waals surface area contributed by atoms with Crippen LogP contribution in [0.1, 0.15) is 50.0 Å². The molecule has 2 aromatic rings. The molecule has 1 aromatic carbocycles. The van der Waals surface area contributed by atoms with E-state index in [0.717, 1.165) is 64.5 Å². The first-order chi connectivity index (χ1) is 14.2. The summed E-state index contributed by atoms with van der Waals surface area (Å²) in [7, 11) is 0. The molecule has 1 aliphatic rings. The van der Waals surface area contributed by atoms with Crippen molar-refractivity contribution in [2.45, 2.75) is 46.1 Å². The number of rotatable bonds is 8. The zero-order chi connectivity index (χ0) is 20.5. The van der Waals surface area contributed by atoms with Gasteiger partial charge in [-0.2, -0.15) is 4.98 Å². The van der Waals surface area contributed by atoms with Crippen LogP contribution in [0.4, 0.5) is 0 Å². The van der Waals surface area contributed by atoms with Gasteiger partial charge in [0.05, 0.1) is 0 Å². The lowest BCUT2D eigenvalue weighted by atomic mass is 10.0. The summed E-state index contributed by atoms with van der Waals surface area (Å²) in [6, 6.07) is 11.4. The molecule has 0 radical (unpaired) electrons. The highest BCUT2D eigenvalue weighted by molar-refractivity contribution is 5.80. The minimum Gasteiger partial charge on any atom is -0.357 e. The molecule has 0 spiro atoms. The van der Waals surface area contributed by atoms with Gasteiger partial charge in [0.15, 0.2) is 11.8 Å². The Morgan fingerprint density at radius 2 is 1.93 bits per heavy atom. The Balaban J connectivity index is 1.52. The molecular weight excluding hydrogens is 364 g/mol. The van der Waals surface area contributed by atoms with Gasteiger partial charge < -0.3 is 14.7 Å². The molecule has 0 aliphatic carbocycles. The first-order valence-electron chi connectivity index (χ1n) is 10.8. The first kappa shape index (κ1) is 21.3. The van der Waals surface area contributed by atoms with E-state index in [1.165, 1.54) is 5.56 Å². The van der Waals surface area contributed by atoms with Crippen molar-refractivity contribution < 1.29 is 4.52 Å². The fourth-order valence-corrected chi connectivity index (χ4v) is 3.91. The van der Waals surface area contributed by atoms with E-state index in [1.54, 1.807) is 0 Å². The number of guanidine groups is 1. The quantitative estimate of drug-likeness (QED) is 0.419. The normalized spacial score (nSPS) is 16.8. The van der Waals surface area contributed by atoms with Gasteiger partial charge in [-0.05, 0) is 32.3 Å². The summed E-state index contributed by atoms with van der Waals surface area (Å²) in [5, 5.41) is 7.29. The van der Waals surface area contributed by atoms with E-state index in [1.807, 2.05) is 6.92 Å². The Kier molecular flexibility index (Phi) is 8.04. The number of aryl methyl sites for hydroxylation is 2. The summed E-state index contributed by atoms with van der Waals surface area (Å²) in [5.41, 5.74) is 1.42. The summed E-state index contributed by atoms with van der Waals surface area (Å²) < 4.78 is 5.18. The second kappa shape index (κ2) is 11.0. The van der Waals surface area contributed by atoms with E-state index in [-0.39, 0.29) is 0 Å². The van der Waals surface area contributed by atoms with E-state index < -0.39 is 0 Å². The van der Waals surface area contributed by atoms with Crippen LogP contribution in [0.15, 0.2) is 39.8 Å². The Labute approximate surface area is 174 Å². The highest BCUT2D eigenvalue weighted by Gasteiger charge is 2.25. The van der Waals surface area contributed by atoms with E-state index in [9.17, 15) is 0 Å². The van der Waals surface area contributed by atoms with Crippen LogP contribution in [0.2, 0.25) is 0 Å². The smallest absolute Gasteiger partial charge is 0.226 e. The predicted octanol–water partition coefficient (Wildman–Crippen LogP) is 3.05. The van der Waals surface area contributed by atoms with Gasteiger partial charge in [0.2, 0.25) is 5.89 Å². The van der Waals surface area contributed by atoms with Gasteiger partial charge in [-0.15, -0.1) is 0 Å². The number of nitrogens with zero attached hydrogens (tertiary/aromatic N) is 5. The molecule has 1 fully saturated rings. The lowest BCUT2D eigenvalue weighted by Crippen LogP contribution is -2.53. The number of hydrogen-bond acceptors (Lipinski definition) is 5. The van der Waals surface area contributed by atoms with E-state index in [0.29, 0.717) is 17.8 Å². The highest BCUT2D eigenvalue weighted by atomic mass is 16.5. The van der Waals surface area contributed by atoms with Crippen molar-refractivity contribution in [3.05, 3.63) is 47.6 Å². The van der Waals surface area contributed by atoms with Crippen molar-refractivity contribution >= 4 is 5.96 Å². The highest BCUT2D eigenvalue weighted by Crippen LogP contribution is 2.25. The van der Waals surface area contributed by atoms with Crippen LogP contribution in [0.25, 0.3) is 0 Å². The fraction of sp³-hybridized carbons (Fsp3) is 0.591. The van der Waals surface area contributed by atoms with Crippen molar-refractivity contribution in [1.82, 2.24) is 25.3 Å². The molecule has 0 amide bonds. The fourth-order valence-electron chi connectivity index (χ4n) is 3.91. The molecule has 2 heterocycles. The van der Waals surface area contributed by atoms with Gasteiger partial charge in [-0.1, -0.05) is 42.4 Å². The molecule has 1 aliphatic heterocycles. The van der Waals surface area contributed by atoms with E-state index in [4.69, 9.17) is 9.52 Å². The summed E-state index contributed by atoms with van der Waals surface area (Å²) in [6.45, 7) is 12.0. The molecule has 0 saturated carbocycles. The second-order valence-corrected chi connectivity index (χ2v) is 7.43. The predicted molar refractivity (Wildman–Crippen MR) is 116 cm³/mol. The van der Waals surface area contributed by atoms with Gasteiger partial charge in [-0.25, -0.2) is 0 Å². The Bertz CT molecular complexity index is 752. The monoisotopic (exact) mass is 398 g/mol. The minimum absolute atomic E-state index is 0.496. The molecule has 7 nitrogen and oxygen atoms in total. The molecule has 158 valence electrons. The number of benzene rings is 1. The average molecular weight is 399 g/mol. The van der Waals surface area contributed by atoms with Crippen molar-refractivity contribution in [2.75, 3.05) is 39.3 Å². The van der Waals surface area contributed by atoms with Gasteiger partial charge >= 0.3 is 0 Å². The Morgan fingerprint density at radius 1 is 1.17 bits per heavy atom. The third kappa shape index (κ3) is 6.03. The van der Waals surface area contributed by atoms with Gasteiger partial charge in [-0.3, -0.25) is 9.89 Å². The Hall–Kier alpha value is -2.41. The zero-order valence-electron chi connectivity index (χ0n) is 18.0. The lowest BCUT2D eigenvalue weighted by molar-refractivity contribution is 0.127. The number of piperazine rings is 1. The molecule has 3 rings (SSSR count). The molecule has 1 unspecified atom stereocenters. The molecule has 7 heteroatoms. The third-order valence-electron chi connectivity index (χ3n) is 5.34. The Morgan fingerprint density at radius 3 is 2.55 bits per heavy atom. The SMILES string of the molecule is CCNC(=NCCCc1nc(C)no1)N1CCN(C(CC)c2ccccc2)CC1. The van der Waals surface area contributed by atoms with Crippen LogP contribution in [-0.4, -0.2) is 65.2 Å². The second-order valence-electron chi connectivity index (χ2n) is 7.43. The van der Waals surface area contributed by atoms with Crippen LogP contribution in [-0.2, 0) is 6.42 Å². The van der Waals surface area contributed by atoms with Crippen LogP contribution in [0.5, 0.6) is 0 Å². The molecule has 0 bridgehead atoms. The number of nitrogens with one attached hydrogen (secondary N) is 1. The van der Waals surface area contributed by atoms with Gasteiger partial charge in [0, 0.05) is 51.7 Å². The van der Waals surface area contributed by atoms with Crippen LogP contribution < -0.4 is 5.32 Å². The van der Waals surface area contributed by atoms with Crippen molar-refractivity contribution in [2.24, 2.45) is 4.99 Å². The topological polar surface area (TPSA) is 69.8 Å². The van der Waals surface area contributed by atoms with Gasteiger partial charge in [0.25, 0.3) is 0 Å². The molecule has 1 N–H and O–H groups in total. The van der Waals surface area contributed by atoms with Crippen LogP contribution >= 0.6 is 0 Å². The van der Waals surface area contributed by atoms with E-state index >= 15 is 0 Å². The molecule has 1 atom stereocenters. The molecule has 1 saturated heterocycles.